The average Bonchev–Trinajstić information content (AvgIpc) is 2.86. The molecule has 0 heterocycles. The number of aliphatic carboxylic acids is 1. The molecule has 3 rings (SSSR count). The highest BCUT2D eigenvalue weighted by Gasteiger charge is 2.39. The molecule has 0 aliphatic carbocycles. The molecule has 0 aliphatic rings. The normalized spacial score (nSPS) is 12.1. The molecule has 0 amide bonds. The number of anilines is 1. The first-order chi connectivity index (χ1) is 16.8. The minimum atomic E-state index is -1.59. The molecule has 1 unspecified atom stereocenters. The van der Waals surface area contributed by atoms with Crippen molar-refractivity contribution in [1.29, 1.82) is 5.41 Å². The van der Waals surface area contributed by atoms with E-state index in [2.05, 4.69) is 17.2 Å². The molecular weight excluding hydrogens is 442 g/mol. The number of carboxylic acids is 1. The molecule has 35 heavy (non-hydrogen) atoms. The Morgan fingerprint density at radius 3 is 2.37 bits per heavy atom. The molecule has 0 spiro atoms. The second-order valence-corrected chi connectivity index (χ2v) is 8.11. The van der Waals surface area contributed by atoms with E-state index in [0.717, 1.165) is 11.1 Å². The summed E-state index contributed by atoms with van der Waals surface area (Å²) in [6.07, 6.45) is 0.663. The summed E-state index contributed by atoms with van der Waals surface area (Å²) in [5, 5.41) is 30.4. The van der Waals surface area contributed by atoms with Crippen molar-refractivity contribution in [2.24, 2.45) is 5.73 Å². The van der Waals surface area contributed by atoms with Gasteiger partial charge in [0.25, 0.3) is 0 Å². The van der Waals surface area contributed by atoms with Crippen LogP contribution in [0.3, 0.4) is 0 Å². The highest BCUT2D eigenvalue weighted by atomic mass is 16.5. The zero-order chi connectivity index (χ0) is 25.4. The lowest BCUT2D eigenvalue weighted by Crippen LogP contribution is -2.41. The van der Waals surface area contributed by atoms with Gasteiger partial charge in [0.2, 0.25) is 0 Å². The lowest BCUT2D eigenvalue weighted by Gasteiger charge is -2.31. The van der Waals surface area contributed by atoms with Gasteiger partial charge in [-0.2, -0.15) is 0 Å². The standard InChI is InChI=1S/C28H29N3O4/c1-3-19-17-22(10-9-20-7-5-4-6-8-20)25(35-16-15-32)24(18-19)28(2,27(33)34)31-23-13-11-21(12-14-23)26(29)30/h4-8,11-14,17-18,31-32H,3,15-16H2,1-2H3,(H3,29,30)(H,33,34). The fourth-order valence-corrected chi connectivity index (χ4v) is 3.58. The SMILES string of the molecule is CCc1cc(C#Cc2ccccc2)c(OCCO)c(C(C)(Nc2ccc(C(=N)N)cc2)C(=O)O)c1. The van der Waals surface area contributed by atoms with Gasteiger partial charge in [0.05, 0.1) is 12.2 Å². The Morgan fingerprint density at radius 2 is 1.80 bits per heavy atom. The molecule has 0 radical (unpaired) electrons. The van der Waals surface area contributed by atoms with E-state index in [1.165, 1.54) is 0 Å². The predicted molar refractivity (Wildman–Crippen MR) is 137 cm³/mol. The first kappa shape index (κ1) is 25.3. The van der Waals surface area contributed by atoms with E-state index < -0.39 is 11.5 Å². The lowest BCUT2D eigenvalue weighted by atomic mass is 9.87. The summed E-state index contributed by atoms with van der Waals surface area (Å²) in [6, 6.07) is 19.8. The fraction of sp³-hybridized carbons (Fsp3) is 0.214. The van der Waals surface area contributed by atoms with Crippen molar-refractivity contribution in [2.75, 3.05) is 18.5 Å². The maximum absolute atomic E-state index is 12.7. The molecule has 0 aromatic heterocycles. The number of aliphatic hydroxyl groups is 1. The summed E-state index contributed by atoms with van der Waals surface area (Å²) >= 11 is 0. The molecule has 3 aromatic rings. The van der Waals surface area contributed by atoms with Crippen LogP contribution in [-0.4, -0.2) is 35.2 Å². The third-order valence-electron chi connectivity index (χ3n) is 5.57. The number of rotatable bonds is 9. The second kappa shape index (κ2) is 11.2. The summed E-state index contributed by atoms with van der Waals surface area (Å²) in [5.41, 5.74) is 7.66. The number of aryl methyl sites for hydroxylation is 1. The van der Waals surface area contributed by atoms with Gasteiger partial charge < -0.3 is 26.0 Å². The maximum Gasteiger partial charge on any atom is 0.333 e. The average molecular weight is 472 g/mol. The lowest BCUT2D eigenvalue weighted by molar-refractivity contribution is -0.142. The molecule has 1 atom stereocenters. The van der Waals surface area contributed by atoms with Gasteiger partial charge in [-0.3, -0.25) is 5.41 Å². The number of nitrogens with two attached hydrogens (primary N) is 1. The van der Waals surface area contributed by atoms with E-state index >= 15 is 0 Å². The van der Waals surface area contributed by atoms with Crippen molar-refractivity contribution in [3.05, 3.63) is 94.5 Å². The minimum absolute atomic E-state index is 0.0124. The van der Waals surface area contributed by atoms with E-state index in [-0.39, 0.29) is 19.0 Å². The van der Waals surface area contributed by atoms with Gasteiger partial charge in [0, 0.05) is 22.4 Å². The van der Waals surface area contributed by atoms with Gasteiger partial charge in [0.15, 0.2) is 5.54 Å². The fourth-order valence-electron chi connectivity index (χ4n) is 3.58. The van der Waals surface area contributed by atoms with Crippen molar-refractivity contribution in [1.82, 2.24) is 0 Å². The van der Waals surface area contributed by atoms with E-state index in [1.54, 1.807) is 37.3 Å². The van der Waals surface area contributed by atoms with Gasteiger partial charge in [-0.15, -0.1) is 0 Å². The molecule has 3 aromatic carbocycles. The zero-order valence-electron chi connectivity index (χ0n) is 19.8. The molecule has 0 saturated heterocycles. The minimum Gasteiger partial charge on any atom is -0.489 e. The summed E-state index contributed by atoms with van der Waals surface area (Å²) in [5.74, 6) is 5.36. The molecule has 0 fully saturated rings. The highest BCUT2D eigenvalue weighted by molar-refractivity contribution is 5.95. The number of carbonyl (C=O) groups is 1. The Hall–Kier alpha value is -4.28. The molecule has 180 valence electrons. The predicted octanol–water partition coefficient (Wildman–Crippen LogP) is 3.72. The summed E-state index contributed by atoms with van der Waals surface area (Å²) in [7, 11) is 0. The molecule has 0 aliphatic heterocycles. The van der Waals surface area contributed by atoms with Gasteiger partial charge in [0.1, 0.15) is 18.2 Å². The van der Waals surface area contributed by atoms with Crippen molar-refractivity contribution in [2.45, 2.75) is 25.8 Å². The van der Waals surface area contributed by atoms with Gasteiger partial charge >= 0.3 is 5.97 Å². The monoisotopic (exact) mass is 471 g/mol. The Balaban J connectivity index is 2.16. The van der Waals surface area contributed by atoms with Crippen LogP contribution in [0.25, 0.3) is 0 Å². The first-order valence-corrected chi connectivity index (χ1v) is 11.2. The van der Waals surface area contributed by atoms with E-state index in [1.807, 2.05) is 43.3 Å². The maximum atomic E-state index is 12.7. The van der Waals surface area contributed by atoms with Crippen LogP contribution >= 0.6 is 0 Å². The van der Waals surface area contributed by atoms with E-state index in [9.17, 15) is 15.0 Å². The topological polar surface area (TPSA) is 129 Å². The number of carboxylic acid groups (broad SMARTS) is 1. The Bertz CT molecular complexity index is 1260. The number of aliphatic hydroxyl groups excluding tert-OH is 1. The van der Waals surface area contributed by atoms with E-state index in [4.69, 9.17) is 15.9 Å². The highest BCUT2D eigenvalue weighted by Crippen LogP contribution is 2.37. The Kier molecular flexibility index (Phi) is 8.13. The van der Waals surface area contributed by atoms with E-state index in [0.29, 0.717) is 34.5 Å². The Morgan fingerprint density at radius 1 is 1.11 bits per heavy atom. The second-order valence-electron chi connectivity index (χ2n) is 8.11. The van der Waals surface area contributed by atoms with Gasteiger partial charge in [-0.1, -0.05) is 37.0 Å². The van der Waals surface area contributed by atoms with Crippen LogP contribution < -0.4 is 15.8 Å². The quantitative estimate of drug-likeness (QED) is 0.184. The Labute approximate surface area is 205 Å². The van der Waals surface area contributed by atoms with Crippen LogP contribution in [0.4, 0.5) is 5.69 Å². The van der Waals surface area contributed by atoms with Crippen LogP contribution in [0.5, 0.6) is 5.75 Å². The van der Waals surface area contributed by atoms with Crippen LogP contribution in [0.1, 0.15) is 41.7 Å². The van der Waals surface area contributed by atoms with Crippen molar-refractivity contribution < 1.29 is 19.7 Å². The number of ether oxygens (including phenoxy) is 1. The zero-order valence-corrected chi connectivity index (χ0v) is 19.8. The molecule has 7 nitrogen and oxygen atoms in total. The summed E-state index contributed by atoms with van der Waals surface area (Å²) < 4.78 is 5.89. The number of hydrogen-bond acceptors (Lipinski definition) is 5. The van der Waals surface area contributed by atoms with Gasteiger partial charge in [-0.25, -0.2) is 4.79 Å². The van der Waals surface area contributed by atoms with Crippen LogP contribution in [0, 0.1) is 17.3 Å². The number of hydrogen-bond donors (Lipinski definition) is 5. The molecule has 0 bridgehead atoms. The van der Waals surface area contributed by atoms with Crippen LogP contribution in [0.15, 0.2) is 66.7 Å². The summed E-state index contributed by atoms with van der Waals surface area (Å²) in [6.45, 7) is 3.29. The molecule has 6 N–H and O–H groups in total. The van der Waals surface area contributed by atoms with Crippen molar-refractivity contribution >= 4 is 17.5 Å². The van der Waals surface area contributed by atoms with Crippen LogP contribution in [-0.2, 0) is 16.8 Å². The largest absolute Gasteiger partial charge is 0.489 e. The molecule has 0 saturated carbocycles. The third kappa shape index (κ3) is 5.99. The van der Waals surface area contributed by atoms with Crippen molar-refractivity contribution in [3.8, 4) is 17.6 Å². The number of amidine groups is 1. The first-order valence-electron chi connectivity index (χ1n) is 11.2. The van der Waals surface area contributed by atoms with Crippen LogP contribution in [0.2, 0.25) is 0 Å². The smallest absolute Gasteiger partial charge is 0.333 e. The van der Waals surface area contributed by atoms with Crippen molar-refractivity contribution in [3.63, 3.8) is 0 Å². The molecular formula is C28H29N3O4. The molecule has 7 heteroatoms. The number of nitrogen functional groups attached to an aromatic ring is 1. The van der Waals surface area contributed by atoms with Gasteiger partial charge in [-0.05, 0) is 67.4 Å². The number of benzene rings is 3. The third-order valence-corrected chi connectivity index (χ3v) is 5.57. The number of nitrogens with one attached hydrogen (secondary N) is 2. The summed E-state index contributed by atoms with van der Waals surface area (Å²) in [4.78, 5) is 12.7.